The molecule has 20 heavy (non-hydrogen) atoms. The number of hydrogen-bond donors (Lipinski definition) is 1. The zero-order valence-corrected chi connectivity index (χ0v) is 11.4. The molecule has 0 spiro atoms. The fourth-order valence-corrected chi connectivity index (χ4v) is 1.99. The number of imide groups is 1. The van der Waals surface area contributed by atoms with Gasteiger partial charge in [-0.15, -0.1) is 0 Å². The van der Waals surface area contributed by atoms with Gasteiger partial charge in [0.2, 0.25) is 11.8 Å². The van der Waals surface area contributed by atoms with Gasteiger partial charge in [-0.3, -0.25) is 19.7 Å². The van der Waals surface area contributed by atoms with Crippen LogP contribution in [0, 0.1) is 0 Å². The SMILES string of the molecule is CCOc1ccc(C(=O)N2CC(=O)NC(=O)C2C)cc1. The number of amides is 3. The summed E-state index contributed by atoms with van der Waals surface area (Å²) in [6.45, 7) is 3.90. The maximum atomic E-state index is 12.3. The van der Waals surface area contributed by atoms with Crippen LogP contribution in [0.5, 0.6) is 5.75 Å². The number of nitrogens with one attached hydrogen (secondary N) is 1. The van der Waals surface area contributed by atoms with Crippen LogP contribution in [0.25, 0.3) is 0 Å². The fourth-order valence-electron chi connectivity index (χ4n) is 1.99. The van der Waals surface area contributed by atoms with E-state index in [1.807, 2.05) is 6.92 Å². The van der Waals surface area contributed by atoms with Gasteiger partial charge in [0.25, 0.3) is 5.91 Å². The lowest BCUT2D eigenvalue weighted by Gasteiger charge is -2.31. The molecule has 0 aromatic heterocycles. The van der Waals surface area contributed by atoms with Gasteiger partial charge in [0, 0.05) is 5.56 Å². The minimum Gasteiger partial charge on any atom is -0.494 e. The molecule has 1 unspecified atom stereocenters. The van der Waals surface area contributed by atoms with Crippen molar-refractivity contribution in [2.75, 3.05) is 13.2 Å². The van der Waals surface area contributed by atoms with Crippen molar-refractivity contribution in [2.45, 2.75) is 19.9 Å². The van der Waals surface area contributed by atoms with E-state index in [2.05, 4.69) is 5.32 Å². The molecule has 3 amide bonds. The Bertz CT molecular complexity index is 539. The average Bonchev–Trinajstić information content (AvgIpc) is 2.43. The molecule has 1 atom stereocenters. The third kappa shape index (κ3) is 2.79. The highest BCUT2D eigenvalue weighted by Gasteiger charge is 2.33. The predicted molar refractivity (Wildman–Crippen MR) is 71.3 cm³/mol. The number of ether oxygens (including phenoxy) is 1. The first kappa shape index (κ1) is 14.0. The third-order valence-electron chi connectivity index (χ3n) is 3.10. The van der Waals surface area contributed by atoms with E-state index in [4.69, 9.17) is 4.74 Å². The van der Waals surface area contributed by atoms with Crippen LogP contribution in [-0.2, 0) is 9.59 Å². The quantitative estimate of drug-likeness (QED) is 0.819. The lowest BCUT2D eigenvalue weighted by molar-refractivity contribution is -0.138. The molecule has 1 aliphatic rings. The van der Waals surface area contributed by atoms with Crippen LogP contribution in [0.2, 0.25) is 0 Å². The molecule has 0 saturated carbocycles. The lowest BCUT2D eigenvalue weighted by atomic mass is 10.1. The van der Waals surface area contributed by atoms with Gasteiger partial charge in [0.05, 0.1) is 6.61 Å². The van der Waals surface area contributed by atoms with Crippen LogP contribution in [0.3, 0.4) is 0 Å². The average molecular weight is 276 g/mol. The van der Waals surface area contributed by atoms with Crippen molar-refractivity contribution in [1.29, 1.82) is 0 Å². The molecule has 1 aliphatic heterocycles. The fraction of sp³-hybridized carbons (Fsp3) is 0.357. The van der Waals surface area contributed by atoms with Crippen LogP contribution >= 0.6 is 0 Å². The van der Waals surface area contributed by atoms with E-state index in [0.29, 0.717) is 17.9 Å². The van der Waals surface area contributed by atoms with E-state index in [9.17, 15) is 14.4 Å². The van der Waals surface area contributed by atoms with Gasteiger partial charge in [-0.25, -0.2) is 0 Å². The van der Waals surface area contributed by atoms with Crippen molar-refractivity contribution in [3.63, 3.8) is 0 Å². The zero-order valence-electron chi connectivity index (χ0n) is 11.4. The van der Waals surface area contributed by atoms with E-state index in [1.165, 1.54) is 4.90 Å². The normalized spacial score (nSPS) is 18.7. The molecule has 1 saturated heterocycles. The lowest BCUT2D eigenvalue weighted by Crippen LogP contribution is -2.58. The number of carbonyl (C=O) groups excluding carboxylic acids is 3. The Morgan fingerprint density at radius 1 is 1.35 bits per heavy atom. The third-order valence-corrected chi connectivity index (χ3v) is 3.10. The van der Waals surface area contributed by atoms with E-state index in [1.54, 1.807) is 31.2 Å². The molecule has 0 aliphatic carbocycles. The first-order valence-electron chi connectivity index (χ1n) is 6.40. The van der Waals surface area contributed by atoms with E-state index in [0.717, 1.165) is 0 Å². The van der Waals surface area contributed by atoms with E-state index < -0.39 is 17.9 Å². The minimum absolute atomic E-state index is 0.112. The standard InChI is InChI=1S/C14H16N2O4/c1-3-20-11-6-4-10(5-7-11)14(19)16-8-12(17)15-13(18)9(16)2/h4-7,9H,3,8H2,1-2H3,(H,15,17,18). The molecule has 0 bridgehead atoms. The van der Waals surface area contributed by atoms with Gasteiger partial charge in [0.15, 0.2) is 0 Å². The molecule has 1 aromatic carbocycles. The van der Waals surface area contributed by atoms with E-state index in [-0.39, 0.29) is 12.5 Å². The van der Waals surface area contributed by atoms with Crippen molar-refractivity contribution in [2.24, 2.45) is 0 Å². The summed E-state index contributed by atoms with van der Waals surface area (Å²) in [6, 6.07) is 5.96. The number of carbonyl (C=O) groups is 3. The van der Waals surface area contributed by atoms with Gasteiger partial charge >= 0.3 is 0 Å². The highest BCUT2D eigenvalue weighted by atomic mass is 16.5. The first-order valence-corrected chi connectivity index (χ1v) is 6.40. The maximum Gasteiger partial charge on any atom is 0.254 e. The van der Waals surface area contributed by atoms with Gasteiger partial charge in [-0.1, -0.05) is 0 Å². The second-order valence-electron chi connectivity index (χ2n) is 4.48. The van der Waals surface area contributed by atoms with Crippen LogP contribution < -0.4 is 10.1 Å². The largest absolute Gasteiger partial charge is 0.494 e. The Labute approximate surface area is 116 Å². The molecular weight excluding hydrogens is 260 g/mol. The highest BCUT2D eigenvalue weighted by molar-refractivity contribution is 6.07. The number of piperazine rings is 1. The Morgan fingerprint density at radius 3 is 2.60 bits per heavy atom. The van der Waals surface area contributed by atoms with Crippen LogP contribution in [0.4, 0.5) is 0 Å². The van der Waals surface area contributed by atoms with Crippen LogP contribution in [0.15, 0.2) is 24.3 Å². The number of rotatable bonds is 3. The molecule has 6 heteroatoms. The predicted octanol–water partition coefficient (Wildman–Crippen LogP) is 0.572. The van der Waals surface area contributed by atoms with E-state index >= 15 is 0 Å². The molecule has 1 aromatic rings. The Hall–Kier alpha value is -2.37. The minimum atomic E-state index is -0.660. The summed E-state index contributed by atoms with van der Waals surface area (Å²) in [5.41, 5.74) is 0.419. The molecule has 106 valence electrons. The Balaban J connectivity index is 2.17. The summed E-state index contributed by atoms with van der Waals surface area (Å²) in [5, 5.41) is 2.20. The van der Waals surface area contributed by atoms with Gasteiger partial charge < -0.3 is 9.64 Å². The molecule has 0 radical (unpaired) electrons. The summed E-state index contributed by atoms with van der Waals surface area (Å²) in [4.78, 5) is 36.5. The van der Waals surface area contributed by atoms with Crippen molar-refractivity contribution >= 4 is 17.7 Å². The number of hydrogen-bond acceptors (Lipinski definition) is 4. The van der Waals surface area contributed by atoms with Gasteiger partial charge in [-0.2, -0.15) is 0 Å². The summed E-state index contributed by atoms with van der Waals surface area (Å²) >= 11 is 0. The molecular formula is C14H16N2O4. The highest BCUT2D eigenvalue weighted by Crippen LogP contribution is 2.16. The monoisotopic (exact) mass is 276 g/mol. The summed E-state index contributed by atoms with van der Waals surface area (Å²) in [7, 11) is 0. The topological polar surface area (TPSA) is 75.7 Å². The Morgan fingerprint density at radius 2 is 2.00 bits per heavy atom. The second kappa shape index (κ2) is 5.73. The molecule has 1 N–H and O–H groups in total. The van der Waals surface area contributed by atoms with Gasteiger partial charge in [-0.05, 0) is 38.1 Å². The zero-order chi connectivity index (χ0) is 14.7. The number of benzene rings is 1. The van der Waals surface area contributed by atoms with Crippen molar-refractivity contribution in [1.82, 2.24) is 10.2 Å². The van der Waals surface area contributed by atoms with Crippen molar-refractivity contribution in [3.05, 3.63) is 29.8 Å². The first-order chi connectivity index (χ1) is 9.52. The van der Waals surface area contributed by atoms with Crippen molar-refractivity contribution < 1.29 is 19.1 Å². The second-order valence-corrected chi connectivity index (χ2v) is 4.48. The molecule has 2 rings (SSSR count). The summed E-state index contributed by atoms with van der Waals surface area (Å²) in [5.74, 6) is -0.596. The van der Waals surface area contributed by atoms with Crippen molar-refractivity contribution in [3.8, 4) is 5.75 Å². The smallest absolute Gasteiger partial charge is 0.254 e. The van der Waals surface area contributed by atoms with Crippen LogP contribution in [0.1, 0.15) is 24.2 Å². The summed E-state index contributed by atoms with van der Waals surface area (Å²) in [6.07, 6.45) is 0. The molecule has 1 fully saturated rings. The van der Waals surface area contributed by atoms with Gasteiger partial charge in [0.1, 0.15) is 18.3 Å². The maximum absolute atomic E-state index is 12.3. The molecule has 6 nitrogen and oxygen atoms in total. The number of nitrogens with zero attached hydrogens (tertiary/aromatic N) is 1. The molecule has 1 heterocycles. The Kier molecular flexibility index (Phi) is 4.02. The summed E-state index contributed by atoms with van der Waals surface area (Å²) < 4.78 is 5.30. The van der Waals surface area contributed by atoms with Crippen LogP contribution in [-0.4, -0.2) is 41.8 Å².